The Kier molecular flexibility index (Phi) is 4.38. The molecule has 2 rings (SSSR count). The van der Waals surface area contributed by atoms with Crippen LogP contribution in [-0.4, -0.2) is 16.3 Å². The summed E-state index contributed by atoms with van der Waals surface area (Å²) in [5.74, 6) is 0. The average Bonchev–Trinajstić information content (AvgIpc) is 2.86. The number of benzene rings is 1. The minimum atomic E-state index is 0.0731. The first kappa shape index (κ1) is 13.1. The molecule has 1 atom stereocenters. The predicted molar refractivity (Wildman–Crippen MR) is 77.5 cm³/mol. The van der Waals surface area contributed by atoms with E-state index in [9.17, 15) is 0 Å². The Hall–Kier alpha value is -1.33. The molecule has 4 nitrogen and oxygen atoms in total. The molecule has 1 aromatic carbocycles. The van der Waals surface area contributed by atoms with Gasteiger partial charge in [0.15, 0.2) is 0 Å². The average molecular weight is 309 g/mol. The smallest absolute Gasteiger partial charge is 0.0667 e. The SMILES string of the molecule is CCn1cc(C(CN)Nc2ccccc2Br)cn1. The molecule has 0 radical (unpaired) electrons. The van der Waals surface area contributed by atoms with E-state index >= 15 is 0 Å². The molecule has 0 aliphatic carbocycles. The molecule has 0 aliphatic heterocycles. The van der Waals surface area contributed by atoms with Crippen LogP contribution in [0.15, 0.2) is 41.1 Å². The molecule has 0 amide bonds. The van der Waals surface area contributed by atoms with Gasteiger partial charge in [-0.1, -0.05) is 12.1 Å². The quantitative estimate of drug-likeness (QED) is 0.893. The lowest BCUT2D eigenvalue weighted by Crippen LogP contribution is -2.20. The summed E-state index contributed by atoms with van der Waals surface area (Å²) in [6.07, 6.45) is 3.90. The Balaban J connectivity index is 2.17. The minimum Gasteiger partial charge on any atom is -0.376 e. The lowest BCUT2D eigenvalue weighted by atomic mass is 10.1. The maximum absolute atomic E-state index is 5.84. The summed E-state index contributed by atoms with van der Waals surface area (Å²) in [4.78, 5) is 0. The van der Waals surface area contributed by atoms with Crippen LogP contribution < -0.4 is 11.1 Å². The Labute approximate surface area is 115 Å². The lowest BCUT2D eigenvalue weighted by molar-refractivity contribution is 0.658. The van der Waals surface area contributed by atoms with Gasteiger partial charge in [0.1, 0.15) is 0 Å². The Bertz CT molecular complexity index is 509. The van der Waals surface area contributed by atoms with Crippen molar-refractivity contribution in [2.75, 3.05) is 11.9 Å². The molecule has 5 heteroatoms. The van der Waals surface area contributed by atoms with Gasteiger partial charge in [-0.2, -0.15) is 5.10 Å². The summed E-state index contributed by atoms with van der Waals surface area (Å²) in [7, 11) is 0. The number of aromatic nitrogens is 2. The van der Waals surface area contributed by atoms with Gasteiger partial charge in [0.2, 0.25) is 0 Å². The van der Waals surface area contributed by atoms with Crippen LogP contribution >= 0.6 is 15.9 Å². The summed E-state index contributed by atoms with van der Waals surface area (Å²) < 4.78 is 2.94. The van der Waals surface area contributed by atoms with Crippen LogP contribution in [0.1, 0.15) is 18.5 Å². The Morgan fingerprint density at radius 1 is 1.44 bits per heavy atom. The van der Waals surface area contributed by atoms with Crippen molar-refractivity contribution in [3.63, 3.8) is 0 Å². The molecule has 3 N–H and O–H groups in total. The van der Waals surface area contributed by atoms with E-state index in [1.807, 2.05) is 41.3 Å². The van der Waals surface area contributed by atoms with Gasteiger partial charge < -0.3 is 11.1 Å². The molecule has 0 bridgehead atoms. The van der Waals surface area contributed by atoms with Crippen LogP contribution in [-0.2, 0) is 6.54 Å². The third-order valence-corrected chi connectivity index (χ3v) is 3.51. The number of halogens is 1. The molecule has 2 aromatic rings. The molecule has 0 spiro atoms. The highest BCUT2D eigenvalue weighted by molar-refractivity contribution is 9.10. The van der Waals surface area contributed by atoms with Crippen molar-refractivity contribution in [2.24, 2.45) is 5.73 Å². The number of nitrogens with zero attached hydrogens (tertiary/aromatic N) is 2. The van der Waals surface area contributed by atoms with Gasteiger partial charge in [-0.25, -0.2) is 0 Å². The van der Waals surface area contributed by atoms with E-state index in [1.54, 1.807) is 0 Å². The van der Waals surface area contributed by atoms with E-state index in [2.05, 4.69) is 33.3 Å². The van der Waals surface area contributed by atoms with Gasteiger partial charge in [0, 0.05) is 35.0 Å². The zero-order valence-corrected chi connectivity index (χ0v) is 11.9. The molecule has 0 aliphatic rings. The van der Waals surface area contributed by atoms with Gasteiger partial charge in [0.05, 0.1) is 12.2 Å². The fourth-order valence-electron chi connectivity index (χ4n) is 1.78. The van der Waals surface area contributed by atoms with Crippen LogP contribution in [0, 0.1) is 0 Å². The predicted octanol–water partition coefficient (Wildman–Crippen LogP) is 2.78. The first-order valence-electron chi connectivity index (χ1n) is 5.98. The van der Waals surface area contributed by atoms with Crippen molar-refractivity contribution in [2.45, 2.75) is 19.5 Å². The van der Waals surface area contributed by atoms with E-state index < -0.39 is 0 Å². The second-order valence-electron chi connectivity index (χ2n) is 4.04. The van der Waals surface area contributed by atoms with Gasteiger partial charge >= 0.3 is 0 Å². The van der Waals surface area contributed by atoms with Crippen molar-refractivity contribution in [1.82, 2.24) is 9.78 Å². The zero-order valence-electron chi connectivity index (χ0n) is 10.3. The van der Waals surface area contributed by atoms with Crippen LogP contribution in [0.5, 0.6) is 0 Å². The molecule has 1 aromatic heterocycles. The first-order chi connectivity index (χ1) is 8.74. The molecule has 0 saturated heterocycles. The van der Waals surface area contributed by atoms with Crippen molar-refractivity contribution in [3.05, 3.63) is 46.7 Å². The molecule has 1 unspecified atom stereocenters. The van der Waals surface area contributed by atoms with Crippen molar-refractivity contribution >= 4 is 21.6 Å². The fraction of sp³-hybridized carbons (Fsp3) is 0.308. The fourth-order valence-corrected chi connectivity index (χ4v) is 2.18. The van der Waals surface area contributed by atoms with Gasteiger partial charge in [-0.05, 0) is 35.0 Å². The molecule has 18 heavy (non-hydrogen) atoms. The highest BCUT2D eigenvalue weighted by Gasteiger charge is 2.12. The minimum absolute atomic E-state index is 0.0731. The van der Waals surface area contributed by atoms with E-state index in [-0.39, 0.29) is 6.04 Å². The maximum Gasteiger partial charge on any atom is 0.0667 e. The number of hydrogen-bond acceptors (Lipinski definition) is 3. The van der Waals surface area contributed by atoms with Crippen molar-refractivity contribution in [1.29, 1.82) is 0 Å². The number of aryl methyl sites for hydroxylation is 1. The van der Waals surface area contributed by atoms with E-state index in [0.29, 0.717) is 6.54 Å². The number of rotatable bonds is 5. The molecule has 0 saturated carbocycles. The number of hydrogen-bond donors (Lipinski definition) is 2. The van der Waals surface area contributed by atoms with E-state index in [1.165, 1.54) is 0 Å². The van der Waals surface area contributed by atoms with Crippen LogP contribution in [0.2, 0.25) is 0 Å². The second kappa shape index (κ2) is 6.02. The lowest BCUT2D eigenvalue weighted by Gasteiger charge is -2.17. The van der Waals surface area contributed by atoms with Gasteiger partial charge in [-0.15, -0.1) is 0 Å². The van der Waals surface area contributed by atoms with Gasteiger partial charge in [-0.3, -0.25) is 4.68 Å². The van der Waals surface area contributed by atoms with E-state index in [0.717, 1.165) is 22.3 Å². The number of nitrogens with two attached hydrogens (primary N) is 1. The topological polar surface area (TPSA) is 55.9 Å². The normalized spacial score (nSPS) is 12.4. The molecule has 1 heterocycles. The van der Waals surface area contributed by atoms with Gasteiger partial charge in [0.25, 0.3) is 0 Å². The zero-order chi connectivity index (χ0) is 13.0. The standard InChI is InChI=1S/C13H17BrN4/c1-2-18-9-10(8-16-18)13(7-15)17-12-6-4-3-5-11(12)14/h3-6,8-9,13,17H,2,7,15H2,1H3. The summed E-state index contributed by atoms with van der Waals surface area (Å²) >= 11 is 3.52. The van der Waals surface area contributed by atoms with Crippen LogP contribution in [0.3, 0.4) is 0 Å². The molecule has 0 fully saturated rings. The molecular weight excluding hydrogens is 292 g/mol. The van der Waals surface area contributed by atoms with Crippen LogP contribution in [0.4, 0.5) is 5.69 Å². The highest BCUT2D eigenvalue weighted by atomic mass is 79.9. The summed E-state index contributed by atoms with van der Waals surface area (Å²) in [6, 6.07) is 8.09. The summed E-state index contributed by atoms with van der Waals surface area (Å²) in [5.41, 5.74) is 7.98. The van der Waals surface area contributed by atoms with Crippen molar-refractivity contribution < 1.29 is 0 Å². The number of anilines is 1. The largest absolute Gasteiger partial charge is 0.376 e. The summed E-state index contributed by atoms with van der Waals surface area (Å²) in [6.45, 7) is 3.46. The van der Waals surface area contributed by atoms with E-state index in [4.69, 9.17) is 5.73 Å². The van der Waals surface area contributed by atoms with Crippen LogP contribution in [0.25, 0.3) is 0 Å². The highest BCUT2D eigenvalue weighted by Crippen LogP contribution is 2.25. The third-order valence-electron chi connectivity index (χ3n) is 2.82. The number of para-hydroxylation sites is 1. The van der Waals surface area contributed by atoms with Crippen molar-refractivity contribution in [3.8, 4) is 0 Å². The first-order valence-corrected chi connectivity index (χ1v) is 6.77. The monoisotopic (exact) mass is 308 g/mol. The molecule has 96 valence electrons. The second-order valence-corrected chi connectivity index (χ2v) is 4.90. The summed E-state index contributed by atoms with van der Waals surface area (Å²) in [5, 5.41) is 7.70. The number of nitrogens with one attached hydrogen (secondary N) is 1. The molecular formula is C13H17BrN4. The maximum atomic E-state index is 5.84. The third kappa shape index (κ3) is 2.91. The Morgan fingerprint density at radius 2 is 2.22 bits per heavy atom. The Morgan fingerprint density at radius 3 is 2.83 bits per heavy atom.